The van der Waals surface area contributed by atoms with Crippen molar-refractivity contribution >= 4 is 17.6 Å². The number of carbonyl (C=O) groups excluding carboxylic acids is 2. The van der Waals surface area contributed by atoms with Crippen LogP contribution >= 0.6 is 0 Å². The molecule has 116 valence electrons. The second kappa shape index (κ2) is 6.74. The Bertz CT molecular complexity index is 520. The summed E-state index contributed by atoms with van der Waals surface area (Å²) in [5.74, 6) is 0.738. The molecule has 21 heavy (non-hydrogen) atoms. The normalized spacial score (nSPS) is 18.1. The molecule has 2 rings (SSSR count). The Hall–Kier alpha value is -1.85. The van der Waals surface area contributed by atoms with E-state index in [0.29, 0.717) is 18.9 Å². The van der Waals surface area contributed by atoms with Crippen LogP contribution in [0.1, 0.15) is 57.6 Å². The average Bonchev–Trinajstić information content (AvgIpc) is 3.00. The van der Waals surface area contributed by atoms with Gasteiger partial charge in [0.25, 0.3) is 0 Å². The summed E-state index contributed by atoms with van der Waals surface area (Å²) in [4.78, 5) is 23.3. The van der Waals surface area contributed by atoms with Gasteiger partial charge in [-0.25, -0.2) is 4.68 Å². The molecule has 0 saturated carbocycles. The van der Waals surface area contributed by atoms with Crippen molar-refractivity contribution in [3.05, 3.63) is 11.8 Å². The van der Waals surface area contributed by atoms with Gasteiger partial charge in [0.15, 0.2) is 0 Å². The van der Waals surface area contributed by atoms with Gasteiger partial charge in [-0.15, -0.1) is 0 Å². The summed E-state index contributed by atoms with van der Waals surface area (Å²) in [5.41, 5.74) is 0.964. The van der Waals surface area contributed by atoms with E-state index in [-0.39, 0.29) is 17.9 Å². The topological polar surface area (TPSA) is 76.0 Å². The maximum Gasteiger partial charge on any atom is 0.227 e. The molecule has 1 aliphatic heterocycles. The largest absolute Gasteiger partial charge is 0.353 e. The maximum atomic E-state index is 12.2. The van der Waals surface area contributed by atoms with Gasteiger partial charge in [0.1, 0.15) is 5.82 Å². The second-order valence-electron chi connectivity index (χ2n) is 5.65. The first-order valence-electron chi connectivity index (χ1n) is 7.68. The Balaban J connectivity index is 2.03. The molecule has 1 aromatic heterocycles. The van der Waals surface area contributed by atoms with Crippen LogP contribution in [0.4, 0.5) is 5.82 Å². The molecule has 0 bridgehead atoms. The Morgan fingerprint density at radius 1 is 1.52 bits per heavy atom. The molecule has 2 amide bonds. The third kappa shape index (κ3) is 3.62. The molecule has 1 aromatic rings. The molecule has 1 fully saturated rings. The van der Waals surface area contributed by atoms with Gasteiger partial charge in [0.2, 0.25) is 11.8 Å². The molecule has 6 nitrogen and oxygen atoms in total. The first-order chi connectivity index (χ1) is 10.0. The second-order valence-corrected chi connectivity index (χ2v) is 5.65. The lowest BCUT2D eigenvalue weighted by molar-refractivity contribution is -0.119. The summed E-state index contributed by atoms with van der Waals surface area (Å²) >= 11 is 0. The van der Waals surface area contributed by atoms with E-state index < -0.39 is 0 Å². The van der Waals surface area contributed by atoms with Crippen molar-refractivity contribution < 1.29 is 9.59 Å². The molecular weight excluding hydrogens is 268 g/mol. The molecular formula is C15H24N4O2. The number of rotatable bonds is 6. The minimum Gasteiger partial charge on any atom is -0.353 e. The van der Waals surface area contributed by atoms with E-state index in [2.05, 4.69) is 29.6 Å². The van der Waals surface area contributed by atoms with Gasteiger partial charge in [-0.3, -0.25) is 9.59 Å². The Kier molecular flexibility index (Phi) is 4.98. The predicted octanol–water partition coefficient (Wildman–Crippen LogP) is 2.16. The monoisotopic (exact) mass is 292 g/mol. The van der Waals surface area contributed by atoms with Crippen LogP contribution < -0.4 is 10.6 Å². The van der Waals surface area contributed by atoms with Gasteiger partial charge < -0.3 is 10.6 Å². The van der Waals surface area contributed by atoms with Crippen molar-refractivity contribution in [3.8, 4) is 0 Å². The fraction of sp³-hybridized carbons (Fsp3) is 0.667. The van der Waals surface area contributed by atoms with Gasteiger partial charge in [-0.2, -0.15) is 5.10 Å². The first kappa shape index (κ1) is 15.5. The molecule has 2 N–H and O–H groups in total. The molecule has 1 atom stereocenters. The lowest BCUT2D eigenvalue weighted by Gasteiger charge is -2.18. The fourth-order valence-corrected chi connectivity index (χ4v) is 2.75. The zero-order valence-electron chi connectivity index (χ0n) is 13.0. The molecule has 0 aromatic carbocycles. The minimum absolute atomic E-state index is 0.0334. The van der Waals surface area contributed by atoms with E-state index in [1.807, 2.05) is 11.6 Å². The number of aryl methyl sites for hydroxylation is 1. The summed E-state index contributed by atoms with van der Waals surface area (Å²) in [6, 6.07) is 0.252. The molecule has 6 heteroatoms. The number of nitrogens with zero attached hydrogens (tertiary/aromatic N) is 2. The van der Waals surface area contributed by atoms with Crippen LogP contribution in [0, 0.1) is 6.92 Å². The van der Waals surface area contributed by atoms with Crippen molar-refractivity contribution in [1.29, 1.82) is 0 Å². The van der Waals surface area contributed by atoms with E-state index in [1.165, 1.54) is 0 Å². The number of hydrogen-bond acceptors (Lipinski definition) is 3. The van der Waals surface area contributed by atoms with Crippen LogP contribution in [0.2, 0.25) is 0 Å². The summed E-state index contributed by atoms with van der Waals surface area (Å²) in [7, 11) is 0. The number of aromatic nitrogens is 2. The summed E-state index contributed by atoms with van der Waals surface area (Å²) in [5, 5.41) is 10.2. The van der Waals surface area contributed by atoms with Crippen LogP contribution in [0.3, 0.4) is 0 Å². The van der Waals surface area contributed by atoms with Gasteiger partial charge in [-0.1, -0.05) is 13.8 Å². The number of carbonyl (C=O) groups is 2. The highest BCUT2D eigenvalue weighted by atomic mass is 16.2. The molecule has 0 aliphatic carbocycles. The number of anilines is 1. The Morgan fingerprint density at radius 2 is 2.24 bits per heavy atom. The van der Waals surface area contributed by atoms with E-state index in [4.69, 9.17) is 0 Å². The average molecular weight is 292 g/mol. The zero-order chi connectivity index (χ0) is 15.4. The highest BCUT2D eigenvalue weighted by molar-refractivity contribution is 5.91. The predicted molar refractivity (Wildman–Crippen MR) is 81.0 cm³/mol. The van der Waals surface area contributed by atoms with Gasteiger partial charge in [-0.05, 0) is 26.2 Å². The van der Waals surface area contributed by atoms with E-state index >= 15 is 0 Å². The van der Waals surface area contributed by atoms with Gasteiger partial charge >= 0.3 is 0 Å². The number of hydrogen-bond donors (Lipinski definition) is 2. The zero-order valence-corrected chi connectivity index (χ0v) is 13.0. The maximum absolute atomic E-state index is 12.2. The molecule has 0 radical (unpaired) electrons. The quantitative estimate of drug-likeness (QED) is 0.843. The van der Waals surface area contributed by atoms with Crippen LogP contribution in [0.15, 0.2) is 6.20 Å². The van der Waals surface area contributed by atoms with E-state index in [9.17, 15) is 9.59 Å². The van der Waals surface area contributed by atoms with Crippen LogP contribution in [-0.4, -0.2) is 27.6 Å². The first-order valence-corrected chi connectivity index (χ1v) is 7.68. The lowest BCUT2D eigenvalue weighted by Crippen LogP contribution is -2.30. The van der Waals surface area contributed by atoms with Crippen molar-refractivity contribution in [2.24, 2.45) is 0 Å². The van der Waals surface area contributed by atoms with Crippen molar-refractivity contribution in [2.75, 3.05) is 5.32 Å². The molecule has 1 aliphatic rings. The number of nitrogens with one attached hydrogen (secondary N) is 2. The van der Waals surface area contributed by atoms with Crippen LogP contribution in [0.5, 0.6) is 0 Å². The highest BCUT2D eigenvalue weighted by Gasteiger charge is 2.24. The minimum atomic E-state index is -0.0713. The van der Waals surface area contributed by atoms with Crippen molar-refractivity contribution in [3.63, 3.8) is 0 Å². The van der Waals surface area contributed by atoms with E-state index in [1.54, 1.807) is 6.20 Å². The number of amides is 2. The standard InChI is InChI=1S/C15H24N4O2/c1-4-12(5-2)19-15(10(3)9-16-19)18-14(21)8-11-6-7-13(20)17-11/h9,11-12H,4-8H2,1-3H3,(H,17,20)(H,18,21)/t11-/m0/s1. The van der Waals surface area contributed by atoms with Crippen molar-refractivity contribution in [2.45, 2.75) is 65.0 Å². The summed E-state index contributed by atoms with van der Waals surface area (Å²) in [6.07, 6.45) is 5.29. The molecule has 2 heterocycles. The van der Waals surface area contributed by atoms with Crippen LogP contribution in [0.25, 0.3) is 0 Å². The fourth-order valence-electron chi connectivity index (χ4n) is 2.75. The summed E-state index contributed by atoms with van der Waals surface area (Å²) < 4.78 is 1.90. The third-order valence-electron chi connectivity index (χ3n) is 4.04. The molecule has 1 saturated heterocycles. The SMILES string of the molecule is CCC(CC)n1ncc(C)c1NC(=O)C[C@@H]1CCC(=O)N1. The van der Waals surface area contributed by atoms with Crippen molar-refractivity contribution in [1.82, 2.24) is 15.1 Å². The lowest BCUT2D eigenvalue weighted by atomic mass is 10.1. The van der Waals surface area contributed by atoms with Gasteiger partial charge in [0, 0.05) is 24.4 Å². The van der Waals surface area contributed by atoms with Crippen LogP contribution in [-0.2, 0) is 9.59 Å². The van der Waals surface area contributed by atoms with E-state index in [0.717, 1.165) is 30.6 Å². The molecule has 0 spiro atoms. The third-order valence-corrected chi connectivity index (χ3v) is 4.04. The Morgan fingerprint density at radius 3 is 2.81 bits per heavy atom. The van der Waals surface area contributed by atoms with Gasteiger partial charge in [0.05, 0.1) is 12.2 Å². The smallest absolute Gasteiger partial charge is 0.227 e. The molecule has 0 unspecified atom stereocenters. The Labute approximate surface area is 125 Å². The highest BCUT2D eigenvalue weighted by Crippen LogP contribution is 2.24. The summed E-state index contributed by atoms with van der Waals surface area (Å²) in [6.45, 7) is 6.18.